The van der Waals surface area contributed by atoms with Crippen LogP contribution in [0.25, 0.3) is 0 Å². The third kappa shape index (κ3) is 6.03. The van der Waals surface area contributed by atoms with Crippen molar-refractivity contribution >= 4 is 29.2 Å². The Labute approximate surface area is 205 Å². The molecule has 1 atom stereocenters. The fourth-order valence-electron chi connectivity index (χ4n) is 3.64. The van der Waals surface area contributed by atoms with Crippen LogP contribution in [0.5, 0.6) is 11.5 Å². The van der Waals surface area contributed by atoms with Crippen LogP contribution < -0.4 is 15.6 Å². The first-order valence-corrected chi connectivity index (χ1v) is 11.3. The molecule has 11 heteroatoms. The van der Waals surface area contributed by atoms with Crippen LogP contribution in [-0.2, 0) is 4.79 Å². The van der Waals surface area contributed by atoms with Crippen molar-refractivity contribution in [2.45, 2.75) is 13.0 Å². The number of piperazine rings is 1. The van der Waals surface area contributed by atoms with Crippen LogP contribution in [0.2, 0.25) is 5.02 Å². The Kier molecular flexibility index (Phi) is 7.42. The minimum Gasteiger partial charge on any atom is -0.456 e. The number of nitrogens with zero attached hydrogens (tertiary/aromatic N) is 3. The highest BCUT2D eigenvalue weighted by Gasteiger charge is 2.29. The van der Waals surface area contributed by atoms with Gasteiger partial charge in [0, 0.05) is 38.4 Å². The van der Waals surface area contributed by atoms with Gasteiger partial charge in [0.25, 0.3) is 5.91 Å². The molecule has 0 bridgehead atoms. The minimum atomic E-state index is -0.444. The average molecular weight is 500 g/mol. The number of benzene rings is 1. The average Bonchev–Trinajstić information content (AvgIpc) is 2.86. The first-order valence-electron chi connectivity index (χ1n) is 10.9. The predicted octanol–water partition coefficient (Wildman–Crippen LogP) is 3.14. The third-order valence-electron chi connectivity index (χ3n) is 5.67. The number of nitrogens with one attached hydrogen (secondary N) is 2. The van der Waals surface area contributed by atoms with Gasteiger partial charge in [-0.05, 0) is 43.3 Å². The fraction of sp³-hybridized carbons (Fsp3) is 0.250. The maximum atomic E-state index is 13.0. The van der Waals surface area contributed by atoms with Crippen LogP contribution in [0.1, 0.15) is 17.3 Å². The number of hydrogen-bond donors (Lipinski definition) is 2. The third-order valence-corrected chi connectivity index (χ3v) is 5.98. The fourth-order valence-corrected chi connectivity index (χ4v) is 3.88. The summed E-state index contributed by atoms with van der Waals surface area (Å²) < 4.78 is 18.6. The number of halogens is 2. The summed E-state index contributed by atoms with van der Waals surface area (Å²) in [6.45, 7) is 3.62. The number of anilines is 1. The van der Waals surface area contributed by atoms with Crippen molar-refractivity contribution in [1.82, 2.24) is 19.8 Å². The van der Waals surface area contributed by atoms with Crippen molar-refractivity contribution in [2.75, 3.05) is 31.5 Å². The van der Waals surface area contributed by atoms with Gasteiger partial charge in [-0.25, -0.2) is 9.37 Å². The number of rotatable bonds is 6. The van der Waals surface area contributed by atoms with Crippen molar-refractivity contribution in [3.05, 3.63) is 81.6 Å². The smallest absolute Gasteiger partial charge is 0.256 e. The van der Waals surface area contributed by atoms with E-state index in [9.17, 15) is 18.8 Å². The highest BCUT2D eigenvalue weighted by Crippen LogP contribution is 2.22. The maximum Gasteiger partial charge on any atom is 0.256 e. The van der Waals surface area contributed by atoms with E-state index >= 15 is 0 Å². The molecule has 0 spiro atoms. The number of H-pyrrole nitrogens is 1. The van der Waals surface area contributed by atoms with Gasteiger partial charge in [0.05, 0.1) is 22.8 Å². The molecular weight excluding hydrogens is 477 g/mol. The van der Waals surface area contributed by atoms with E-state index in [0.29, 0.717) is 43.5 Å². The Bertz CT molecular complexity index is 1260. The summed E-state index contributed by atoms with van der Waals surface area (Å²) in [5.74, 6) is 0.442. The molecule has 182 valence electrons. The molecular formula is C24H23ClFN5O4. The van der Waals surface area contributed by atoms with Crippen LogP contribution in [0.15, 0.2) is 59.7 Å². The zero-order valence-corrected chi connectivity index (χ0v) is 19.6. The molecule has 1 aliphatic rings. The summed E-state index contributed by atoms with van der Waals surface area (Å²) in [6.07, 6.45) is 2.79. The molecule has 1 fully saturated rings. The van der Waals surface area contributed by atoms with Crippen LogP contribution in [0, 0.1) is 5.82 Å². The Hall–Kier alpha value is -3.76. The molecule has 4 rings (SSSR count). The molecule has 0 aliphatic carbocycles. The van der Waals surface area contributed by atoms with E-state index in [0.717, 1.165) is 0 Å². The van der Waals surface area contributed by atoms with Crippen LogP contribution >= 0.6 is 11.6 Å². The van der Waals surface area contributed by atoms with E-state index in [-0.39, 0.29) is 33.8 Å². The van der Waals surface area contributed by atoms with E-state index in [1.54, 1.807) is 24.0 Å². The number of carbonyl (C=O) groups excluding carboxylic acids is 2. The monoisotopic (exact) mass is 499 g/mol. The minimum absolute atomic E-state index is 0.107. The molecule has 3 heterocycles. The van der Waals surface area contributed by atoms with Gasteiger partial charge in [0.2, 0.25) is 11.5 Å². The molecule has 0 radical (unpaired) electrons. The molecule has 1 unspecified atom stereocenters. The Morgan fingerprint density at radius 3 is 2.43 bits per heavy atom. The van der Waals surface area contributed by atoms with E-state index < -0.39 is 6.04 Å². The van der Waals surface area contributed by atoms with Crippen molar-refractivity contribution in [3.8, 4) is 11.5 Å². The van der Waals surface area contributed by atoms with Crippen LogP contribution in [-0.4, -0.2) is 63.8 Å². The summed E-state index contributed by atoms with van der Waals surface area (Å²) >= 11 is 6.04. The van der Waals surface area contributed by atoms with Gasteiger partial charge in [0.1, 0.15) is 23.1 Å². The van der Waals surface area contributed by atoms with Crippen LogP contribution in [0.3, 0.4) is 0 Å². The molecule has 2 aromatic heterocycles. The summed E-state index contributed by atoms with van der Waals surface area (Å²) in [6, 6.07) is 9.62. The molecule has 1 aromatic carbocycles. The second kappa shape index (κ2) is 10.7. The van der Waals surface area contributed by atoms with E-state index in [2.05, 4.69) is 15.3 Å². The lowest BCUT2D eigenvalue weighted by Gasteiger charge is -2.37. The molecule has 2 amide bonds. The van der Waals surface area contributed by atoms with Gasteiger partial charge >= 0.3 is 0 Å². The standard InChI is InChI=1S/C24H23ClFN5O4/c1-15(30-8-10-31(11-9-30)24(34)19-14-28-22(32)12-20(19)25)23(33)29-21-7-6-18(13-27-21)35-17-4-2-16(26)3-5-17/h2-7,12-15H,8-11H2,1H3,(H,28,32)(H,27,29,33). The zero-order valence-electron chi connectivity index (χ0n) is 18.8. The lowest BCUT2D eigenvalue weighted by atomic mass is 10.2. The first-order chi connectivity index (χ1) is 16.8. The zero-order chi connectivity index (χ0) is 24.9. The topological polar surface area (TPSA) is 108 Å². The number of pyridine rings is 2. The lowest BCUT2D eigenvalue weighted by molar-refractivity contribution is -0.121. The summed E-state index contributed by atoms with van der Waals surface area (Å²) in [5, 5.41) is 2.89. The molecule has 35 heavy (non-hydrogen) atoms. The highest BCUT2D eigenvalue weighted by molar-refractivity contribution is 6.33. The number of carbonyl (C=O) groups is 2. The van der Waals surface area contributed by atoms with Gasteiger partial charge in [-0.3, -0.25) is 19.3 Å². The second-order valence-corrected chi connectivity index (χ2v) is 8.39. The van der Waals surface area contributed by atoms with Crippen molar-refractivity contribution in [2.24, 2.45) is 0 Å². The number of ether oxygens (including phenoxy) is 1. The SMILES string of the molecule is CC(C(=O)Nc1ccc(Oc2ccc(F)cc2)cn1)N1CCN(C(=O)c2c[nH]c(=O)cc2Cl)CC1. The normalized spacial score (nSPS) is 14.9. The Morgan fingerprint density at radius 1 is 1.11 bits per heavy atom. The first kappa shape index (κ1) is 24.4. The van der Waals surface area contributed by atoms with Gasteiger partial charge in [0.15, 0.2) is 0 Å². The van der Waals surface area contributed by atoms with Crippen LogP contribution in [0.4, 0.5) is 10.2 Å². The van der Waals surface area contributed by atoms with Gasteiger partial charge in [-0.1, -0.05) is 11.6 Å². The van der Waals surface area contributed by atoms with Crippen molar-refractivity contribution in [3.63, 3.8) is 0 Å². The molecule has 3 aromatic rings. The number of aromatic nitrogens is 2. The van der Waals surface area contributed by atoms with Gasteiger partial charge in [-0.15, -0.1) is 0 Å². The molecule has 0 saturated carbocycles. The largest absolute Gasteiger partial charge is 0.456 e. The Balaban J connectivity index is 1.28. The summed E-state index contributed by atoms with van der Waals surface area (Å²) in [7, 11) is 0. The number of aromatic amines is 1. The summed E-state index contributed by atoms with van der Waals surface area (Å²) in [4.78, 5) is 47.1. The van der Waals surface area contributed by atoms with E-state index in [1.165, 1.54) is 42.7 Å². The van der Waals surface area contributed by atoms with E-state index in [1.807, 2.05) is 4.90 Å². The summed E-state index contributed by atoms with van der Waals surface area (Å²) in [5.41, 5.74) is -0.135. The lowest BCUT2D eigenvalue weighted by Crippen LogP contribution is -2.54. The van der Waals surface area contributed by atoms with Gasteiger partial charge < -0.3 is 19.9 Å². The van der Waals surface area contributed by atoms with E-state index in [4.69, 9.17) is 16.3 Å². The molecule has 9 nitrogen and oxygen atoms in total. The van der Waals surface area contributed by atoms with Gasteiger partial charge in [-0.2, -0.15) is 0 Å². The molecule has 2 N–H and O–H groups in total. The number of hydrogen-bond acceptors (Lipinski definition) is 6. The predicted molar refractivity (Wildman–Crippen MR) is 128 cm³/mol. The quantitative estimate of drug-likeness (QED) is 0.539. The highest BCUT2D eigenvalue weighted by atomic mass is 35.5. The van der Waals surface area contributed by atoms with Crippen molar-refractivity contribution in [1.29, 1.82) is 0 Å². The molecule has 1 aliphatic heterocycles. The molecule has 1 saturated heterocycles. The maximum absolute atomic E-state index is 13.0. The number of amides is 2. The Morgan fingerprint density at radius 2 is 1.80 bits per heavy atom. The van der Waals surface area contributed by atoms with Crippen molar-refractivity contribution < 1.29 is 18.7 Å². The second-order valence-electron chi connectivity index (χ2n) is 7.99.